The van der Waals surface area contributed by atoms with E-state index in [1.165, 1.54) is 0 Å². The first-order valence-corrected chi connectivity index (χ1v) is 18.7. The van der Waals surface area contributed by atoms with Crippen LogP contribution in [-0.4, -0.2) is 142 Å². The summed E-state index contributed by atoms with van der Waals surface area (Å²) in [5.74, 6) is -1.66. The molecule has 2 bridgehead atoms. The molecule has 0 aromatic heterocycles. The fraction of sp³-hybridized carbons (Fsp3) is 0.943. The lowest BCUT2D eigenvalue weighted by Crippen LogP contribution is -2.81. The van der Waals surface area contributed by atoms with Crippen LogP contribution in [0.1, 0.15) is 80.6 Å². The van der Waals surface area contributed by atoms with Crippen molar-refractivity contribution in [3.05, 3.63) is 0 Å². The number of piperazine rings is 1. The molecular weight excluding hydrogens is 638 g/mol. The summed E-state index contributed by atoms with van der Waals surface area (Å²) in [5, 5.41) is 33.3. The Morgan fingerprint density at radius 3 is 2.45 bits per heavy atom. The Balaban J connectivity index is 1.38. The zero-order chi connectivity index (χ0) is 35.5. The Hall–Kier alpha value is -1.84. The zero-order valence-electron chi connectivity index (χ0n) is 30.2. The van der Waals surface area contributed by atoms with E-state index in [2.05, 4.69) is 34.7 Å². The van der Waals surface area contributed by atoms with Crippen LogP contribution in [0.4, 0.5) is 18.4 Å². The minimum absolute atomic E-state index is 0.0679. The van der Waals surface area contributed by atoms with Gasteiger partial charge < -0.3 is 40.1 Å². The van der Waals surface area contributed by atoms with Crippen LogP contribution in [-0.2, 0) is 9.47 Å². The zero-order valence-corrected chi connectivity index (χ0v) is 30.2. The van der Waals surface area contributed by atoms with E-state index in [0.717, 1.165) is 0 Å². The van der Waals surface area contributed by atoms with Crippen molar-refractivity contribution in [1.29, 1.82) is 0 Å². The van der Waals surface area contributed by atoms with Crippen molar-refractivity contribution in [3.8, 4) is 0 Å². The van der Waals surface area contributed by atoms with Gasteiger partial charge in [-0.3, -0.25) is 10.2 Å². The second kappa shape index (κ2) is 14.3. The highest BCUT2D eigenvalue weighted by molar-refractivity contribution is 5.77. The van der Waals surface area contributed by atoms with Crippen LogP contribution in [0, 0.1) is 23.7 Å². The molecule has 6 fully saturated rings. The Kier molecular flexibility index (Phi) is 10.8. The SMILES string of the molecule is CC(C)C1NCCC2C(O)C(O)COC3CCCC(F)C3C3NC4C(CC3F)C(N3C[C@@H](C)N(C(=O)OC(C)(C)C)C[C@@H]3C)NC(=O)N4C21. The minimum atomic E-state index is -1.41. The highest BCUT2D eigenvalue weighted by Crippen LogP contribution is 2.44. The summed E-state index contributed by atoms with van der Waals surface area (Å²) in [6.45, 7) is 14.8. The summed E-state index contributed by atoms with van der Waals surface area (Å²) >= 11 is 0. The number of carbonyl (C=O) groups excluding carboxylic acids is 2. The summed E-state index contributed by atoms with van der Waals surface area (Å²) in [4.78, 5) is 33.4. The topological polar surface area (TPSA) is 139 Å². The number of hydrogen-bond acceptors (Lipinski definition) is 9. The Morgan fingerprint density at radius 2 is 1.76 bits per heavy atom. The summed E-state index contributed by atoms with van der Waals surface area (Å²) in [6, 6.07) is -2.42. The van der Waals surface area contributed by atoms with Crippen molar-refractivity contribution in [3.63, 3.8) is 0 Å². The highest BCUT2D eigenvalue weighted by Gasteiger charge is 2.59. The number of urea groups is 1. The number of aliphatic hydroxyl groups excluding tert-OH is 2. The van der Waals surface area contributed by atoms with E-state index < -0.39 is 84.5 Å². The van der Waals surface area contributed by atoms with Crippen LogP contribution in [0.2, 0.25) is 0 Å². The van der Waals surface area contributed by atoms with Crippen LogP contribution in [0.15, 0.2) is 0 Å². The molecule has 6 aliphatic rings. The molecule has 1 aliphatic carbocycles. The fourth-order valence-electron chi connectivity index (χ4n) is 9.85. The van der Waals surface area contributed by atoms with Gasteiger partial charge in [-0.1, -0.05) is 13.8 Å². The number of halogens is 2. The van der Waals surface area contributed by atoms with Crippen molar-refractivity contribution in [2.24, 2.45) is 23.7 Å². The van der Waals surface area contributed by atoms with Crippen LogP contribution < -0.4 is 16.0 Å². The molecule has 13 unspecified atom stereocenters. The maximum atomic E-state index is 16.7. The Morgan fingerprint density at radius 1 is 1.02 bits per heavy atom. The van der Waals surface area contributed by atoms with E-state index in [4.69, 9.17) is 9.47 Å². The predicted molar refractivity (Wildman–Crippen MR) is 179 cm³/mol. The van der Waals surface area contributed by atoms with Gasteiger partial charge >= 0.3 is 12.1 Å². The number of nitrogens with one attached hydrogen (secondary N) is 3. The number of alkyl halides is 2. The van der Waals surface area contributed by atoms with Crippen molar-refractivity contribution in [1.82, 2.24) is 30.7 Å². The van der Waals surface area contributed by atoms with Gasteiger partial charge in [0.05, 0.1) is 37.2 Å². The van der Waals surface area contributed by atoms with Gasteiger partial charge in [0.2, 0.25) is 0 Å². The van der Waals surface area contributed by atoms with Gasteiger partial charge in [-0.2, -0.15) is 0 Å². The van der Waals surface area contributed by atoms with Gasteiger partial charge in [0.1, 0.15) is 24.0 Å². The first-order valence-electron chi connectivity index (χ1n) is 18.7. The molecule has 0 spiro atoms. The lowest BCUT2D eigenvalue weighted by atomic mass is 9.71. The number of aliphatic hydroxyl groups is 2. The number of hydrogen-bond donors (Lipinski definition) is 5. The second-order valence-electron chi connectivity index (χ2n) is 17.0. The first-order chi connectivity index (χ1) is 23.1. The number of fused-ring (bicyclic) bond motifs is 5. The molecule has 3 amide bonds. The van der Waals surface area contributed by atoms with Gasteiger partial charge in [-0.15, -0.1) is 0 Å². The van der Waals surface area contributed by atoms with Crippen molar-refractivity contribution < 1.29 is 38.1 Å². The normalized spacial score (nSPS) is 45.4. The second-order valence-corrected chi connectivity index (χ2v) is 17.0. The molecule has 0 radical (unpaired) electrons. The summed E-state index contributed by atoms with van der Waals surface area (Å²) < 4.78 is 44.5. The van der Waals surface area contributed by atoms with Gasteiger partial charge in [-0.25, -0.2) is 18.4 Å². The molecule has 0 aromatic carbocycles. The number of amides is 3. The summed E-state index contributed by atoms with van der Waals surface area (Å²) in [7, 11) is 0. The number of rotatable bonds is 2. The highest BCUT2D eigenvalue weighted by atomic mass is 19.1. The summed E-state index contributed by atoms with van der Waals surface area (Å²) in [6.07, 6.45) is -5.39. The van der Waals surface area contributed by atoms with E-state index >= 15 is 8.78 Å². The molecule has 5 N–H and O–H groups in total. The molecule has 0 aromatic rings. The fourth-order valence-corrected chi connectivity index (χ4v) is 9.85. The molecule has 5 aliphatic heterocycles. The minimum Gasteiger partial charge on any atom is -0.444 e. The Bertz CT molecular complexity index is 1200. The predicted octanol–water partition coefficient (Wildman–Crippen LogP) is 2.57. The first kappa shape index (κ1) is 36.9. The molecule has 280 valence electrons. The maximum absolute atomic E-state index is 16.7. The van der Waals surface area contributed by atoms with E-state index in [1.54, 1.807) is 9.80 Å². The quantitative estimate of drug-likeness (QED) is 0.295. The number of carbonyl (C=O) groups is 2. The van der Waals surface area contributed by atoms with E-state index in [-0.39, 0.29) is 43.1 Å². The van der Waals surface area contributed by atoms with Crippen LogP contribution >= 0.6 is 0 Å². The molecule has 15 atom stereocenters. The van der Waals surface area contributed by atoms with E-state index in [9.17, 15) is 19.8 Å². The summed E-state index contributed by atoms with van der Waals surface area (Å²) in [5.41, 5.74) is -0.642. The molecular formula is C35H60F2N6O6. The number of piperidine rings is 2. The van der Waals surface area contributed by atoms with Gasteiger partial charge in [0, 0.05) is 55.0 Å². The monoisotopic (exact) mass is 698 g/mol. The number of ether oxygens (including phenoxy) is 2. The van der Waals surface area contributed by atoms with E-state index in [1.807, 2.05) is 34.6 Å². The average Bonchev–Trinajstić information content (AvgIpc) is 3.02. The standard InChI is InChI=1S/C35H60F2N6O6/c1-17(2)27-29-20(11-12-38-27)30(45)24(44)16-48-25-10-8-9-22(36)26(25)28-23(37)13-21-31(40-33(46)43(29)32(21)39-28)41-14-19(4)42(15-18(41)3)34(47)49-35(5,6)7/h17-32,38-39,44-45H,8-16H2,1-7H3,(H,40,46)/t18-,19+,20?,21?,22?,23?,24?,25?,26?,27?,28?,29?,30?,31?,32?/m0/s1. The molecule has 5 heterocycles. The number of nitrogens with zero attached hydrogens (tertiary/aromatic N) is 3. The third-order valence-corrected chi connectivity index (χ3v) is 12.1. The third-order valence-electron chi connectivity index (χ3n) is 12.1. The molecule has 14 heteroatoms. The largest absolute Gasteiger partial charge is 0.444 e. The van der Waals surface area contributed by atoms with Gasteiger partial charge in [0.25, 0.3) is 0 Å². The molecule has 5 saturated heterocycles. The molecule has 12 nitrogen and oxygen atoms in total. The third kappa shape index (κ3) is 7.16. The van der Waals surface area contributed by atoms with Crippen molar-refractivity contribution >= 4 is 12.1 Å². The van der Waals surface area contributed by atoms with Gasteiger partial charge in [-0.05, 0) is 79.2 Å². The van der Waals surface area contributed by atoms with Crippen LogP contribution in [0.3, 0.4) is 0 Å². The smallest absolute Gasteiger partial charge is 0.410 e. The van der Waals surface area contributed by atoms with Crippen molar-refractivity contribution in [2.75, 3.05) is 26.2 Å². The molecule has 6 rings (SSSR count). The molecule has 1 saturated carbocycles. The average molecular weight is 699 g/mol. The lowest BCUT2D eigenvalue weighted by Gasteiger charge is -2.61. The maximum Gasteiger partial charge on any atom is 0.410 e. The van der Waals surface area contributed by atoms with Crippen LogP contribution in [0.5, 0.6) is 0 Å². The van der Waals surface area contributed by atoms with Crippen LogP contribution in [0.25, 0.3) is 0 Å². The Labute approximate surface area is 290 Å². The molecule has 49 heavy (non-hydrogen) atoms. The van der Waals surface area contributed by atoms with Gasteiger partial charge in [0.15, 0.2) is 0 Å². The van der Waals surface area contributed by atoms with Crippen molar-refractivity contribution in [2.45, 2.75) is 159 Å². The van der Waals surface area contributed by atoms with E-state index in [0.29, 0.717) is 45.3 Å². The lowest BCUT2D eigenvalue weighted by molar-refractivity contribution is -0.156.